The third-order valence-electron chi connectivity index (χ3n) is 2.75. The van der Waals surface area contributed by atoms with Crippen LogP contribution in [0.25, 0.3) is 0 Å². The van der Waals surface area contributed by atoms with Crippen molar-refractivity contribution in [2.45, 2.75) is 19.6 Å². The highest BCUT2D eigenvalue weighted by atomic mass is 19.4. The second-order valence-corrected chi connectivity index (χ2v) is 4.61. The lowest BCUT2D eigenvalue weighted by Gasteiger charge is -2.11. The van der Waals surface area contributed by atoms with E-state index in [0.717, 1.165) is 23.4 Å². The SMILES string of the molecule is CNCc1cc(C)nc(Oc2cccc(C(F)(F)F)c2)c1. The number of pyridine rings is 1. The Bertz CT molecular complexity index is 627. The van der Waals surface area contributed by atoms with Crippen molar-refractivity contribution in [1.29, 1.82) is 0 Å². The molecule has 112 valence electrons. The van der Waals surface area contributed by atoms with E-state index in [1.165, 1.54) is 12.1 Å². The van der Waals surface area contributed by atoms with Gasteiger partial charge in [-0.15, -0.1) is 0 Å². The van der Waals surface area contributed by atoms with Crippen molar-refractivity contribution in [3.05, 3.63) is 53.2 Å². The third kappa shape index (κ3) is 4.19. The molecule has 0 unspecified atom stereocenters. The van der Waals surface area contributed by atoms with Crippen molar-refractivity contribution in [1.82, 2.24) is 10.3 Å². The minimum Gasteiger partial charge on any atom is -0.439 e. The van der Waals surface area contributed by atoms with Crippen LogP contribution in [0, 0.1) is 6.92 Å². The molecular weight excluding hydrogens is 281 g/mol. The number of benzene rings is 1. The highest BCUT2D eigenvalue weighted by molar-refractivity contribution is 5.34. The molecule has 6 heteroatoms. The van der Waals surface area contributed by atoms with Gasteiger partial charge in [-0.05, 0) is 43.8 Å². The molecule has 2 rings (SSSR count). The molecular formula is C15H15F3N2O. The minimum atomic E-state index is -4.39. The quantitative estimate of drug-likeness (QED) is 0.928. The number of hydrogen-bond donors (Lipinski definition) is 1. The Labute approximate surface area is 120 Å². The lowest BCUT2D eigenvalue weighted by molar-refractivity contribution is -0.137. The molecule has 0 radical (unpaired) electrons. The van der Waals surface area contributed by atoms with Gasteiger partial charge in [0, 0.05) is 18.3 Å². The summed E-state index contributed by atoms with van der Waals surface area (Å²) in [5.41, 5.74) is 0.944. The first kappa shape index (κ1) is 15.3. The first-order valence-corrected chi connectivity index (χ1v) is 6.36. The lowest BCUT2D eigenvalue weighted by atomic mass is 10.2. The number of halogens is 3. The van der Waals surface area contributed by atoms with Gasteiger partial charge in [0.15, 0.2) is 0 Å². The molecule has 0 bridgehead atoms. The first-order chi connectivity index (χ1) is 9.88. The zero-order valence-corrected chi connectivity index (χ0v) is 11.7. The van der Waals surface area contributed by atoms with E-state index in [1.54, 1.807) is 13.0 Å². The molecule has 0 aliphatic rings. The summed E-state index contributed by atoms with van der Waals surface area (Å²) in [4.78, 5) is 4.17. The van der Waals surface area contributed by atoms with Crippen molar-refractivity contribution in [2.24, 2.45) is 0 Å². The monoisotopic (exact) mass is 296 g/mol. The maximum Gasteiger partial charge on any atom is 0.416 e. The molecule has 0 saturated carbocycles. The fraction of sp³-hybridized carbons (Fsp3) is 0.267. The van der Waals surface area contributed by atoms with Crippen LogP contribution in [0.15, 0.2) is 36.4 Å². The molecule has 1 aromatic heterocycles. The number of ether oxygens (including phenoxy) is 1. The number of nitrogens with zero attached hydrogens (tertiary/aromatic N) is 1. The number of rotatable bonds is 4. The summed E-state index contributed by atoms with van der Waals surface area (Å²) < 4.78 is 43.4. The van der Waals surface area contributed by atoms with Gasteiger partial charge in [0.1, 0.15) is 5.75 Å². The Morgan fingerprint density at radius 1 is 1.19 bits per heavy atom. The molecule has 1 heterocycles. The van der Waals surface area contributed by atoms with Crippen molar-refractivity contribution < 1.29 is 17.9 Å². The van der Waals surface area contributed by atoms with Crippen molar-refractivity contribution in [3.8, 4) is 11.6 Å². The van der Waals surface area contributed by atoms with E-state index in [0.29, 0.717) is 6.54 Å². The fourth-order valence-corrected chi connectivity index (χ4v) is 1.92. The average Bonchev–Trinajstić information content (AvgIpc) is 2.37. The van der Waals surface area contributed by atoms with Gasteiger partial charge in [-0.3, -0.25) is 0 Å². The Balaban J connectivity index is 2.26. The van der Waals surface area contributed by atoms with Crippen LogP contribution in [0.5, 0.6) is 11.6 Å². The van der Waals surface area contributed by atoms with Gasteiger partial charge < -0.3 is 10.1 Å². The summed E-state index contributed by atoms with van der Waals surface area (Å²) in [6.07, 6.45) is -4.39. The molecule has 0 aliphatic heterocycles. The summed E-state index contributed by atoms with van der Waals surface area (Å²) in [5.74, 6) is 0.387. The molecule has 0 fully saturated rings. The van der Waals surface area contributed by atoms with E-state index in [2.05, 4.69) is 10.3 Å². The van der Waals surface area contributed by atoms with Gasteiger partial charge >= 0.3 is 6.18 Å². The van der Waals surface area contributed by atoms with E-state index in [-0.39, 0.29) is 11.6 Å². The molecule has 0 amide bonds. The van der Waals surface area contributed by atoms with E-state index in [9.17, 15) is 13.2 Å². The topological polar surface area (TPSA) is 34.2 Å². The average molecular weight is 296 g/mol. The molecule has 0 aliphatic carbocycles. The minimum absolute atomic E-state index is 0.110. The van der Waals surface area contributed by atoms with Gasteiger partial charge in [0.25, 0.3) is 0 Å². The van der Waals surface area contributed by atoms with Crippen LogP contribution in [-0.4, -0.2) is 12.0 Å². The van der Waals surface area contributed by atoms with E-state index >= 15 is 0 Å². The summed E-state index contributed by atoms with van der Waals surface area (Å²) in [7, 11) is 1.81. The lowest BCUT2D eigenvalue weighted by Crippen LogP contribution is -2.06. The predicted octanol–water partition coefficient (Wildman–Crippen LogP) is 3.92. The van der Waals surface area contributed by atoms with Crippen LogP contribution in [0.2, 0.25) is 0 Å². The molecule has 2 aromatic rings. The van der Waals surface area contributed by atoms with Crippen molar-refractivity contribution in [3.63, 3.8) is 0 Å². The maximum atomic E-state index is 12.7. The molecule has 0 saturated heterocycles. The van der Waals surface area contributed by atoms with Gasteiger partial charge in [-0.1, -0.05) is 6.07 Å². The number of alkyl halides is 3. The zero-order valence-electron chi connectivity index (χ0n) is 11.7. The van der Waals surface area contributed by atoms with Crippen LogP contribution in [0.3, 0.4) is 0 Å². The zero-order chi connectivity index (χ0) is 15.5. The van der Waals surface area contributed by atoms with E-state index in [4.69, 9.17) is 4.74 Å². The first-order valence-electron chi connectivity index (χ1n) is 6.36. The Morgan fingerprint density at radius 2 is 1.95 bits per heavy atom. The van der Waals surface area contributed by atoms with Crippen LogP contribution < -0.4 is 10.1 Å². The maximum absolute atomic E-state index is 12.7. The number of aryl methyl sites for hydroxylation is 1. The third-order valence-corrected chi connectivity index (χ3v) is 2.75. The van der Waals surface area contributed by atoms with Crippen molar-refractivity contribution in [2.75, 3.05) is 7.05 Å². The van der Waals surface area contributed by atoms with Gasteiger partial charge in [-0.2, -0.15) is 13.2 Å². The number of nitrogens with one attached hydrogen (secondary N) is 1. The summed E-state index contributed by atoms with van der Waals surface area (Å²) >= 11 is 0. The Hall–Kier alpha value is -2.08. The normalized spacial score (nSPS) is 11.5. The standard InChI is InChI=1S/C15H15F3N2O/c1-10-6-11(9-19-2)7-14(20-10)21-13-5-3-4-12(8-13)15(16,17)18/h3-8,19H,9H2,1-2H3. The Kier molecular flexibility index (Phi) is 4.47. The van der Waals surface area contributed by atoms with Gasteiger partial charge in [0.05, 0.1) is 5.56 Å². The Morgan fingerprint density at radius 3 is 2.62 bits per heavy atom. The molecule has 21 heavy (non-hydrogen) atoms. The highest BCUT2D eigenvalue weighted by Gasteiger charge is 2.30. The van der Waals surface area contributed by atoms with E-state index < -0.39 is 11.7 Å². The van der Waals surface area contributed by atoms with Crippen LogP contribution >= 0.6 is 0 Å². The smallest absolute Gasteiger partial charge is 0.416 e. The number of aromatic nitrogens is 1. The fourth-order valence-electron chi connectivity index (χ4n) is 1.92. The second-order valence-electron chi connectivity index (χ2n) is 4.61. The largest absolute Gasteiger partial charge is 0.439 e. The molecule has 0 spiro atoms. The molecule has 1 aromatic carbocycles. The summed E-state index contributed by atoms with van der Waals surface area (Å²) in [6.45, 7) is 2.43. The second kappa shape index (κ2) is 6.13. The predicted molar refractivity (Wildman–Crippen MR) is 73.3 cm³/mol. The summed E-state index contributed by atoms with van der Waals surface area (Å²) in [5, 5.41) is 3.00. The van der Waals surface area contributed by atoms with E-state index in [1.807, 2.05) is 13.1 Å². The highest BCUT2D eigenvalue weighted by Crippen LogP contribution is 2.32. The van der Waals surface area contributed by atoms with Gasteiger partial charge in [-0.25, -0.2) is 4.98 Å². The van der Waals surface area contributed by atoms with Gasteiger partial charge in [0.2, 0.25) is 5.88 Å². The van der Waals surface area contributed by atoms with Crippen LogP contribution in [0.1, 0.15) is 16.8 Å². The molecule has 1 N–H and O–H groups in total. The molecule has 3 nitrogen and oxygen atoms in total. The van der Waals surface area contributed by atoms with Crippen LogP contribution in [-0.2, 0) is 12.7 Å². The van der Waals surface area contributed by atoms with Crippen molar-refractivity contribution >= 4 is 0 Å². The molecule has 0 atom stereocenters. The summed E-state index contributed by atoms with van der Waals surface area (Å²) in [6, 6.07) is 8.32. The van der Waals surface area contributed by atoms with Crippen LogP contribution in [0.4, 0.5) is 13.2 Å². The number of hydrogen-bond acceptors (Lipinski definition) is 3.